The fourth-order valence-corrected chi connectivity index (χ4v) is 1.31. The van der Waals surface area contributed by atoms with Crippen molar-refractivity contribution in [3.8, 4) is 0 Å². The van der Waals surface area contributed by atoms with Crippen molar-refractivity contribution in [2.45, 2.75) is 41.5 Å². The Labute approximate surface area is 107 Å². The first-order valence-corrected chi connectivity index (χ1v) is 6.34. The third-order valence-electron chi connectivity index (χ3n) is 2.24. The van der Waals surface area contributed by atoms with E-state index in [4.69, 9.17) is 0 Å². The van der Waals surface area contributed by atoms with Gasteiger partial charge in [0.15, 0.2) is 0 Å². The summed E-state index contributed by atoms with van der Waals surface area (Å²) in [5.41, 5.74) is 3.60. The van der Waals surface area contributed by atoms with Gasteiger partial charge in [0.05, 0.1) is 0 Å². The second kappa shape index (κ2) is 9.88. The van der Waals surface area contributed by atoms with E-state index in [1.807, 2.05) is 59.0 Å². The lowest BCUT2D eigenvalue weighted by Gasteiger charge is -2.16. The Hall–Kier alpha value is -1.31. The van der Waals surface area contributed by atoms with Crippen LogP contribution in [0.25, 0.3) is 6.08 Å². The average Bonchev–Trinajstić information content (AvgIpc) is 2.37. The molecule has 1 heterocycles. The number of rotatable bonds is 2. The Kier molecular flexibility index (Phi) is 10.5. The fraction of sp³-hybridized carbons (Fsp3) is 0.533. The van der Waals surface area contributed by atoms with Gasteiger partial charge in [0.2, 0.25) is 0 Å². The molecular formula is C15H28N2. The van der Waals surface area contributed by atoms with Crippen molar-refractivity contribution in [3.05, 3.63) is 29.5 Å². The molecule has 0 atom stereocenters. The largest absolute Gasteiger partial charge is 0.362 e. The van der Waals surface area contributed by atoms with Crippen LogP contribution in [0.2, 0.25) is 0 Å². The van der Waals surface area contributed by atoms with Gasteiger partial charge in [-0.15, -0.1) is 0 Å². The summed E-state index contributed by atoms with van der Waals surface area (Å²) < 4.78 is 0. The molecule has 0 bridgehead atoms. The Morgan fingerprint density at radius 2 is 1.59 bits per heavy atom. The van der Waals surface area contributed by atoms with Crippen LogP contribution in [0.4, 0.5) is 5.82 Å². The normalized spacial score (nSPS) is 8.24. The van der Waals surface area contributed by atoms with E-state index in [9.17, 15) is 0 Å². The summed E-state index contributed by atoms with van der Waals surface area (Å²) in [4.78, 5) is 6.37. The molecule has 1 aromatic heterocycles. The second-order valence-corrected chi connectivity index (χ2v) is 3.40. The molecule has 0 aliphatic heterocycles. The van der Waals surface area contributed by atoms with Gasteiger partial charge in [-0.1, -0.05) is 40.3 Å². The van der Waals surface area contributed by atoms with Gasteiger partial charge in [-0.05, 0) is 25.0 Å². The molecule has 17 heavy (non-hydrogen) atoms. The molecule has 98 valence electrons. The average molecular weight is 236 g/mol. The van der Waals surface area contributed by atoms with Crippen molar-refractivity contribution >= 4 is 11.9 Å². The van der Waals surface area contributed by atoms with E-state index in [0.717, 1.165) is 11.4 Å². The first kappa shape index (κ1) is 18.1. The van der Waals surface area contributed by atoms with Gasteiger partial charge in [-0.25, -0.2) is 4.98 Å². The molecule has 0 spiro atoms. The van der Waals surface area contributed by atoms with Crippen molar-refractivity contribution in [2.75, 3.05) is 19.0 Å². The van der Waals surface area contributed by atoms with E-state index in [1.54, 1.807) is 0 Å². The summed E-state index contributed by atoms with van der Waals surface area (Å²) in [5.74, 6) is 0.984. The molecule has 2 nitrogen and oxygen atoms in total. The van der Waals surface area contributed by atoms with Crippen LogP contribution < -0.4 is 4.90 Å². The number of hydrogen-bond acceptors (Lipinski definition) is 2. The summed E-state index contributed by atoms with van der Waals surface area (Å²) in [6.45, 7) is 16.0. The second-order valence-electron chi connectivity index (χ2n) is 3.40. The molecule has 0 fully saturated rings. The van der Waals surface area contributed by atoms with Gasteiger partial charge in [0, 0.05) is 25.9 Å². The molecule has 1 aromatic rings. The molecule has 0 aliphatic rings. The van der Waals surface area contributed by atoms with E-state index in [-0.39, 0.29) is 0 Å². The lowest BCUT2D eigenvalue weighted by molar-refractivity contribution is 1.05. The van der Waals surface area contributed by atoms with E-state index in [1.165, 1.54) is 11.1 Å². The molecular weight excluding hydrogens is 208 g/mol. The van der Waals surface area contributed by atoms with Crippen molar-refractivity contribution in [1.82, 2.24) is 4.98 Å². The molecule has 0 aromatic carbocycles. The first-order valence-electron chi connectivity index (χ1n) is 6.34. The number of anilines is 1. The summed E-state index contributed by atoms with van der Waals surface area (Å²) >= 11 is 0. The monoisotopic (exact) mass is 236 g/mol. The van der Waals surface area contributed by atoms with Crippen LogP contribution in [0.1, 0.15) is 44.4 Å². The topological polar surface area (TPSA) is 16.1 Å². The highest BCUT2D eigenvalue weighted by Crippen LogP contribution is 2.22. The van der Waals surface area contributed by atoms with Gasteiger partial charge < -0.3 is 4.90 Å². The number of hydrogen-bond donors (Lipinski definition) is 0. The maximum Gasteiger partial charge on any atom is 0.135 e. The molecule has 0 unspecified atom stereocenters. The SMILES string of the molecule is C=Cc1c(N(C)C)ncc(C)c1C.CC.CC. The molecule has 1 rings (SSSR count). The standard InChI is InChI=1S/C11H16N2.2C2H6/c1-6-10-9(3)8(2)7-12-11(10)13(4)5;2*1-2/h6-7H,1H2,2-5H3;2*1-2H3. The lowest BCUT2D eigenvalue weighted by atomic mass is 10.1. The highest BCUT2D eigenvalue weighted by atomic mass is 15.1. The van der Waals surface area contributed by atoms with Crippen molar-refractivity contribution in [2.24, 2.45) is 0 Å². The molecule has 2 heteroatoms. The number of aromatic nitrogens is 1. The minimum absolute atomic E-state index is 0.984. The molecule has 0 saturated carbocycles. The zero-order valence-corrected chi connectivity index (χ0v) is 12.8. The number of pyridine rings is 1. The zero-order chi connectivity index (χ0) is 14.0. The Balaban J connectivity index is 0. The Morgan fingerprint density at radius 3 is 1.94 bits per heavy atom. The van der Waals surface area contributed by atoms with E-state index in [2.05, 4.69) is 25.4 Å². The Morgan fingerprint density at radius 1 is 1.12 bits per heavy atom. The zero-order valence-electron chi connectivity index (χ0n) is 12.8. The minimum atomic E-state index is 0.984. The van der Waals surface area contributed by atoms with Gasteiger partial charge >= 0.3 is 0 Å². The van der Waals surface area contributed by atoms with Crippen LogP contribution in [-0.4, -0.2) is 19.1 Å². The fourth-order valence-electron chi connectivity index (χ4n) is 1.31. The quantitative estimate of drug-likeness (QED) is 0.753. The number of nitrogens with zero attached hydrogens (tertiary/aromatic N) is 2. The van der Waals surface area contributed by atoms with E-state index < -0.39 is 0 Å². The van der Waals surface area contributed by atoms with Crippen LogP contribution in [0.3, 0.4) is 0 Å². The third-order valence-corrected chi connectivity index (χ3v) is 2.24. The maximum atomic E-state index is 4.36. The summed E-state index contributed by atoms with van der Waals surface area (Å²) in [7, 11) is 3.98. The smallest absolute Gasteiger partial charge is 0.135 e. The van der Waals surface area contributed by atoms with Gasteiger partial charge in [0.25, 0.3) is 0 Å². The first-order chi connectivity index (χ1) is 8.07. The predicted octanol–water partition coefficient (Wildman–Crippen LogP) is 4.46. The predicted molar refractivity (Wildman–Crippen MR) is 80.8 cm³/mol. The minimum Gasteiger partial charge on any atom is -0.362 e. The third kappa shape index (κ3) is 5.03. The molecule has 0 radical (unpaired) electrons. The summed E-state index contributed by atoms with van der Waals surface area (Å²) in [5, 5.41) is 0. The Bertz CT molecular complexity index is 328. The van der Waals surface area contributed by atoms with Crippen LogP contribution in [0, 0.1) is 13.8 Å². The van der Waals surface area contributed by atoms with Crippen molar-refractivity contribution in [3.63, 3.8) is 0 Å². The molecule has 0 aliphatic carbocycles. The van der Waals surface area contributed by atoms with Gasteiger partial charge in [-0.2, -0.15) is 0 Å². The van der Waals surface area contributed by atoms with Gasteiger partial charge in [-0.3, -0.25) is 0 Å². The highest BCUT2D eigenvalue weighted by Gasteiger charge is 2.07. The van der Waals surface area contributed by atoms with E-state index >= 15 is 0 Å². The van der Waals surface area contributed by atoms with Crippen LogP contribution in [0.15, 0.2) is 12.8 Å². The number of aryl methyl sites for hydroxylation is 1. The van der Waals surface area contributed by atoms with Crippen LogP contribution in [0.5, 0.6) is 0 Å². The van der Waals surface area contributed by atoms with Crippen LogP contribution >= 0.6 is 0 Å². The maximum absolute atomic E-state index is 4.36. The summed E-state index contributed by atoms with van der Waals surface area (Å²) in [6.07, 6.45) is 3.77. The molecule has 0 saturated heterocycles. The van der Waals surface area contributed by atoms with Gasteiger partial charge in [0.1, 0.15) is 5.82 Å². The molecule has 0 amide bonds. The van der Waals surface area contributed by atoms with E-state index in [0.29, 0.717) is 0 Å². The van der Waals surface area contributed by atoms with Crippen molar-refractivity contribution in [1.29, 1.82) is 0 Å². The summed E-state index contributed by atoms with van der Waals surface area (Å²) in [6, 6.07) is 0. The van der Waals surface area contributed by atoms with Crippen LogP contribution in [-0.2, 0) is 0 Å². The van der Waals surface area contributed by atoms with Crippen molar-refractivity contribution < 1.29 is 0 Å². The molecule has 0 N–H and O–H groups in total. The lowest BCUT2D eigenvalue weighted by Crippen LogP contribution is -2.13. The highest BCUT2D eigenvalue weighted by molar-refractivity contribution is 5.66.